The van der Waals surface area contributed by atoms with Crippen LogP contribution in [0.2, 0.25) is 0 Å². The Morgan fingerprint density at radius 2 is 1.55 bits per heavy atom. The summed E-state index contributed by atoms with van der Waals surface area (Å²) < 4.78 is 18.9. The maximum atomic E-state index is 13.5. The van der Waals surface area contributed by atoms with Crippen molar-refractivity contribution in [3.63, 3.8) is 0 Å². The molecule has 0 saturated carbocycles. The molecular formula is C23H21FN2O3. The van der Waals surface area contributed by atoms with Crippen molar-refractivity contribution in [2.75, 3.05) is 25.5 Å². The van der Waals surface area contributed by atoms with E-state index in [2.05, 4.69) is 5.32 Å². The molecule has 2 amide bonds. The van der Waals surface area contributed by atoms with Gasteiger partial charge in [0, 0.05) is 23.9 Å². The zero-order valence-electron chi connectivity index (χ0n) is 16.0. The molecule has 1 N–H and O–H groups in total. The maximum Gasteiger partial charge on any atom is 0.255 e. The third-order valence-electron chi connectivity index (χ3n) is 4.29. The first-order valence-corrected chi connectivity index (χ1v) is 9.14. The Kier molecular flexibility index (Phi) is 6.58. The van der Waals surface area contributed by atoms with E-state index in [4.69, 9.17) is 4.74 Å². The van der Waals surface area contributed by atoms with Gasteiger partial charge in [-0.05, 0) is 48.5 Å². The lowest BCUT2D eigenvalue weighted by Gasteiger charge is -2.18. The first kappa shape index (κ1) is 20.1. The normalized spacial score (nSPS) is 10.3. The molecule has 6 heteroatoms. The number of hydrogen-bond acceptors (Lipinski definition) is 3. The summed E-state index contributed by atoms with van der Waals surface area (Å²) in [5.41, 5.74) is 1.64. The lowest BCUT2D eigenvalue weighted by molar-refractivity contribution is 0.0773. The van der Waals surface area contributed by atoms with Crippen LogP contribution >= 0.6 is 0 Å². The number of rotatable bonds is 7. The SMILES string of the molecule is CN(CCOc1ccccc1F)C(=O)c1ccc(NC(=O)c2ccccc2)cc1. The average molecular weight is 392 g/mol. The summed E-state index contributed by atoms with van der Waals surface area (Å²) in [7, 11) is 1.65. The number of halogens is 1. The molecule has 0 radical (unpaired) electrons. The molecule has 0 aliphatic rings. The van der Waals surface area contributed by atoms with Crippen LogP contribution in [-0.4, -0.2) is 36.9 Å². The standard InChI is InChI=1S/C23H21FN2O3/c1-26(15-16-29-21-10-6-5-9-20(21)24)23(28)18-11-13-19(14-12-18)25-22(27)17-7-3-2-4-8-17/h2-14H,15-16H2,1H3,(H,25,27). The van der Waals surface area contributed by atoms with Crippen LogP contribution in [0.3, 0.4) is 0 Å². The highest BCUT2D eigenvalue weighted by Crippen LogP contribution is 2.16. The van der Waals surface area contributed by atoms with E-state index in [0.717, 1.165) is 0 Å². The number of para-hydroxylation sites is 1. The highest BCUT2D eigenvalue weighted by Gasteiger charge is 2.13. The Morgan fingerprint density at radius 1 is 0.897 bits per heavy atom. The molecule has 3 rings (SSSR count). The first-order chi connectivity index (χ1) is 14.0. The number of ether oxygens (including phenoxy) is 1. The van der Waals surface area contributed by atoms with E-state index < -0.39 is 5.82 Å². The van der Waals surface area contributed by atoms with Gasteiger partial charge >= 0.3 is 0 Å². The molecule has 0 spiro atoms. The van der Waals surface area contributed by atoms with E-state index >= 15 is 0 Å². The molecule has 0 atom stereocenters. The van der Waals surface area contributed by atoms with E-state index in [1.165, 1.54) is 11.0 Å². The Balaban J connectivity index is 1.52. The molecule has 5 nitrogen and oxygen atoms in total. The van der Waals surface area contributed by atoms with Gasteiger partial charge in [-0.25, -0.2) is 4.39 Å². The van der Waals surface area contributed by atoms with Crippen LogP contribution in [0.15, 0.2) is 78.9 Å². The number of anilines is 1. The molecule has 0 fully saturated rings. The predicted molar refractivity (Wildman–Crippen MR) is 110 cm³/mol. The van der Waals surface area contributed by atoms with Gasteiger partial charge in [-0.15, -0.1) is 0 Å². The van der Waals surface area contributed by atoms with Crippen LogP contribution in [0.25, 0.3) is 0 Å². The van der Waals surface area contributed by atoms with Gasteiger partial charge in [0.1, 0.15) is 6.61 Å². The molecule has 0 unspecified atom stereocenters. The molecule has 3 aromatic rings. The minimum atomic E-state index is -0.436. The molecule has 148 valence electrons. The van der Waals surface area contributed by atoms with Crippen molar-refractivity contribution in [1.29, 1.82) is 0 Å². The zero-order chi connectivity index (χ0) is 20.6. The summed E-state index contributed by atoms with van der Waals surface area (Å²) >= 11 is 0. The minimum absolute atomic E-state index is 0.159. The molecule has 0 bridgehead atoms. The number of nitrogens with one attached hydrogen (secondary N) is 1. The number of hydrogen-bond donors (Lipinski definition) is 1. The van der Waals surface area contributed by atoms with Crippen molar-refractivity contribution in [1.82, 2.24) is 4.90 Å². The van der Waals surface area contributed by atoms with Crippen LogP contribution in [0.5, 0.6) is 5.75 Å². The van der Waals surface area contributed by atoms with Crippen molar-refractivity contribution < 1.29 is 18.7 Å². The lowest BCUT2D eigenvalue weighted by Crippen LogP contribution is -2.30. The van der Waals surface area contributed by atoms with E-state index in [1.807, 2.05) is 6.07 Å². The highest BCUT2D eigenvalue weighted by molar-refractivity contribution is 6.04. The van der Waals surface area contributed by atoms with E-state index in [1.54, 1.807) is 73.8 Å². The van der Waals surface area contributed by atoms with E-state index in [0.29, 0.717) is 23.4 Å². The predicted octanol–water partition coefficient (Wildman–Crippen LogP) is 4.23. The van der Waals surface area contributed by atoms with Crippen LogP contribution in [0, 0.1) is 5.82 Å². The van der Waals surface area contributed by atoms with Crippen molar-refractivity contribution in [3.05, 3.63) is 95.8 Å². The van der Waals surface area contributed by atoms with Crippen molar-refractivity contribution in [3.8, 4) is 5.75 Å². The van der Waals surface area contributed by atoms with Gasteiger partial charge < -0.3 is 15.0 Å². The molecule has 0 saturated heterocycles. The summed E-state index contributed by atoms with van der Waals surface area (Å²) in [6.07, 6.45) is 0. The summed E-state index contributed by atoms with van der Waals surface area (Å²) in [4.78, 5) is 26.2. The van der Waals surface area contributed by atoms with Crippen LogP contribution in [0.1, 0.15) is 20.7 Å². The largest absolute Gasteiger partial charge is 0.489 e. The monoisotopic (exact) mass is 392 g/mol. The second kappa shape index (κ2) is 9.50. The summed E-state index contributed by atoms with van der Waals surface area (Å²) in [5.74, 6) is -0.684. The first-order valence-electron chi connectivity index (χ1n) is 9.14. The molecule has 0 aromatic heterocycles. The summed E-state index contributed by atoms with van der Waals surface area (Å²) in [5, 5.41) is 2.79. The van der Waals surface area contributed by atoms with E-state index in [9.17, 15) is 14.0 Å². The van der Waals surface area contributed by atoms with Crippen LogP contribution in [-0.2, 0) is 0 Å². The van der Waals surface area contributed by atoms with Gasteiger partial charge in [0.2, 0.25) is 0 Å². The molecule has 0 aliphatic heterocycles. The van der Waals surface area contributed by atoms with Gasteiger partial charge in [-0.2, -0.15) is 0 Å². The second-order valence-electron chi connectivity index (χ2n) is 6.40. The molecule has 29 heavy (non-hydrogen) atoms. The van der Waals surface area contributed by atoms with Gasteiger partial charge in [-0.1, -0.05) is 30.3 Å². The third kappa shape index (κ3) is 5.42. The number of carbonyl (C=O) groups is 2. The van der Waals surface area contributed by atoms with Gasteiger partial charge in [0.15, 0.2) is 11.6 Å². The van der Waals surface area contributed by atoms with E-state index in [-0.39, 0.29) is 24.2 Å². The number of amides is 2. The lowest BCUT2D eigenvalue weighted by atomic mass is 10.1. The third-order valence-corrected chi connectivity index (χ3v) is 4.29. The maximum absolute atomic E-state index is 13.5. The van der Waals surface area contributed by atoms with Crippen molar-refractivity contribution in [2.24, 2.45) is 0 Å². The summed E-state index contributed by atoms with van der Waals surface area (Å²) in [6, 6.07) is 21.7. The van der Waals surface area contributed by atoms with Gasteiger partial charge in [0.05, 0.1) is 6.54 Å². The average Bonchev–Trinajstić information content (AvgIpc) is 2.75. The Bertz CT molecular complexity index is 975. The summed E-state index contributed by atoms with van der Waals surface area (Å²) in [6.45, 7) is 0.480. The quantitative estimate of drug-likeness (QED) is 0.655. The Labute approximate surface area is 168 Å². The molecule has 0 heterocycles. The van der Waals surface area contributed by atoms with Gasteiger partial charge in [-0.3, -0.25) is 9.59 Å². The fourth-order valence-electron chi connectivity index (χ4n) is 2.67. The smallest absolute Gasteiger partial charge is 0.255 e. The Morgan fingerprint density at radius 3 is 2.24 bits per heavy atom. The topological polar surface area (TPSA) is 58.6 Å². The molecular weight excluding hydrogens is 371 g/mol. The fourth-order valence-corrected chi connectivity index (χ4v) is 2.67. The number of likely N-dealkylation sites (N-methyl/N-ethyl adjacent to an activating group) is 1. The van der Waals surface area contributed by atoms with Crippen molar-refractivity contribution >= 4 is 17.5 Å². The number of nitrogens with zero attached hydrogens (tertiary/aromatic N) is 1. The molecule has 0 aliphatic carbocycles. The highest BCUT2D eigenvalue weighted by atomic mass is 19.1. The number of benzene rings is 3. The zero-order valence-corrected chi connectivity index (χ0v) is 16.0. The number of carbonyl (C=O) groups excluding carboxylic acids is 2. The Hall–Kier alpha value is -3.67. The van der Waals surface area contributed by atoms with Crippen molar-refractivity contribution in [2.45, 2.75) is 0 Å². The fraction of sp³-hybridized carbons (Fsp3) is 0.130. The van der Waals surface area contributed by atoms with Crippen LogP contribution < -0.4 is 10.1 Å². The van der Waals surface area contributed by atoms with Gasteiger partial charge in [0.25, 0.3) is 11.8 Å². The minimum Gasteiger partial charge on any atom is -0.489 e. The van der Waals surface area contributed by atoms with Crippen LogP contribution in [0.4, 0.5) is 10.1 Å². The second-order valence-corrected chi connectivity index (χ2v) is 6.40. The molecule has 3 aromatic carbocycles.